The summed E-state index contributed by atoms with van der Waals surface area (Å²) in [5.74, 6) is -0.0303. The molecule has 2 rings (SSSR count). The van der Waals surface area contributed by atoms with Crippen LogP contribution in [0.25, 0.3) is 0 Å². The minimum Gasteiger partial charge on any atom is -0.453 e. The Bertz CT molecular complexity index is 540. The molecule has 6 heteroatoms. The molecule has 2 N–H and O–H groups in total. The van der Waals surface area contributed by atoms with Gasteiger partial charge < -0.3 is 20.3 Å². The monoisotopic (exact) mass is 319 g/mol. The molecule has 1 fully saturated rings. The Hall–Kier alpha value is -2.24. The van der Waals surface area contributed by atoms with E-state index in [0.717, 1.165) is 38.0 Å². The molecule has 23 heavy (non-hydrogen) atoms. The second kappa shape index (κ2) is 8.41. The highest BCUT2D eigenvalue weighted by Crippen LogP contribution is 2.24. The molecule has 126 valence electrons. The molecule has 0 spiro atoms. The number of hydrogen-bond acceptors (Lipinski definition) is 4. The summed E-state index contributed by atoms with van der Waals surface area (Å²) in [5, 5.41) is 5.77. The number of nitrogens with zero attached hydrogens (tertiary/aromatic N) is 1. The third-order valence-electron chi connectivity index (χ3n) is 4.03. The number of alkyl carbamates (subject to hydrolysis) is 1. The van der Waals surface area contributed by atoms with Gasteiger partial charge in [-0.3, -0.25) is 4.79 Å². The molecular weight excluding hydrogens is 294 g/mol. The minimum absolute atomic E-state index is 0.0303. The largest absolute Gasteiger partial charge is 0.453 e. The van der Waals surface area contributed by atoms with Crippen molar-refractivity contribution < 1.29 is 14.3 Å². The quantitative estimate of drug-likeness (QED) is 0.872. The molecule has 1 aliphatic heterocycles. The van der Waals surface area contributed by atoms with E-state index in [2.05, 4.69) is 20.3 Å². The molecule has 1 saturated heterocycles. The van der Waals surface area contributed by atoms with Gasteiger partial charge in [0.25, 0.3) is 5.91 Å². The molecule has 1 aliphatic rings. The van der Waals surface area contributed by atoms with Gasteiger partial charge in [-0.15, -0.1) is 0 Å². The Kier molecular flexibility index (Phi) is 6.26. The van der Waals surface area contributed by atoms with Gasteiger partial charge in [0.2, 0.25) is 0 Å². The maximum absolute atomic E-state index is 12.3. The standard InChI is InChI=1S/C17H25N3O3/c1-3-10-18-16(21)14-6-4-5-7-15(14)20-11-8-13(9-12-20)19-17(22)23-2/h4-7,13H,3,8-12H2,1-2H3,(H,18,21)(H,19,22). The van der Waals surface area contributed by atoms with E-state index in [1.807, 2.05) is 31.2 Å². The Morgan fingerprint density at radius 3 is 2.61 bits per heavy atom. The fraction of sp³-hybridized carbons (Fsp3) is 0.529. The lowest BCUT2D eigenvalue weighted by atomic mass is 10.0. The summed E-state index contributed by atoms with van der Waals surface area (Å²) in [7, 11) is 1.37. The van der Waals surface area contributed by atoms with Gasteiger partial charge in [-0.2, -0.15) is 0 Å². The van der Waals surface area contributed by atoms with Crippen molar-refractivity contribution in [3.8, 4) is 0 Å². The molecule has 1 heterocycles. The summed E-state index contributed by atoms with van der Waals surface area (Å²) in [6, 6.07) is 7.80. The van der Waals surface area contributed by atoms with E-state index in [0.29, 0.717) is 12.1 Å². The molecule has 2 amide bonds. The lowest BCUT2D eigenvalue weighted by molar-refractivity contribution is 0.0954. The molecule has 0 bridgehead atoms. The number of benzene rings is 1. The molecule has 0 saturated carbocycles. The van der Waals surface area contributed by atoms with Crippen molar-refractivity contribution in [1.82, 2.24) is 10.6 Å². The third-order valence-corrected chi connectivity index (χ3v) is 4.03. The van der Waals surface area contributed by atoms with Crippen LogP contribution in [0, 0.1) is 0 Å². The smallest absolute Gasteiger partial charge is 0.407 e. The number of methoxy groups -OCH3 is 1. The first kappa shape index (κ1) is 17.1. The normalized spacial score (nSPS) is 15.1. The van der Waals surface area contributed by atoms with Gasteiger partial charge in [-0.1, -0.05) is 19.1 Å². The summed E-state index contributed by atoms with van der Waals surface area (Å²) >= 11 is 0. The van der Waals surface area contributed by atoms with Crippen LogP contribution in [0.5, 0.6) is 0 Å². The second-order valence-electron chi connectivity index (χ2n) is 5.67. The van der Waals surface area contributed by atoms with Gasteiger partial charge in [0.05, 0.1) is 12.7 Å². The van der Waals surface area contributed by atoms with Gasteiger partial charge in [0.15, 0.2) is 0 Å². The van der Waals surface area contributed by atoms with Gasteiger partial charge in [0.1, 0.15) is 0 Å². The van der Waals surface area contributed by atoms with Crippen molar-refractivity contribution >= 4 is 17.7 Å². The van der Waals surface area contributed by atoms with Crippen LogP contribution < -0.4 is 15.5 Å². The third kappa shape index (κ3) is 4.61. The molecule has 6 nitrogen and oxygen atoms in total. The first-order valence-corrected chi connectivity index (χ1v) is 8.12. The van der Waals surface area contributed by atoms with Crippen molar-refractivity contribution in [2.24, 2.45) is 0 Å². The van der Waals surface area contributed by atoms with Gasteiger partial charge >= 0.3 is 6.09 Å². The molecule has 0 atom stereocenters. The molecule has 0 unspecified atom stereocenters. The number of amides is 2. The summed E-state index contributed by atoms with van der Waals surface area (Å²) in [4.78, 5) is 25.8. The Labute approximate surface area is 137 Å². The number of ether oxygens (including phenoxy) is 1. The number of para-hydroxylation sites is 1. The van der Waals surface area contributed by atoms with Crippen molar-refractivity contribution in [2.45, 2.75) is 32.2 Å². The highest BCUT2D eigenvalue weighted by Gasteiger charge is 2.23. The van der Waals surface area contributed by atoms with E-state index in [-0.39, 0.29) is 18.0 Å². The number of rotatable bonds is 5. The molecule has 0 radical (unpaired) electrons. The zero-order chi connectivity index (χ0) is 16.7. The van der Waals surface area contributed by atoms with Crippen LogP contribution in [0.4, 0.5) is 10.5 Å². The van der Waals surface area contributed by atoms with Crippen LogP contribution in [-0.4, -0.2) is 44.8 Å². The first-order chi connectivity index (χ1) is 11.2. The van der Waals surface area contributed by atoms with Crippen molar-refractivity contribution in [2.75, 3.05) is 31.6 Å². The Balaban J connectivity index is 2.00. The van der Waals surface area contributed by atoms with E-state index in [1.54, 1.807) is 0 Å². The number of anilines is 1. The van der Waals surface area contributed by atoms with Gasteiger partial charge in [-0.05, 0) is 31.4 Å². The summed E-state index contributed by atoms with van der Waals surface area (Å²) in [6.07, 6.45) is 2.20. The lowest BCUT2D eigenvalue weighted by Crippen LogP contribution is -2.45. The molecular formula is C17H25N3O3. The Morgan fingerprint density at radius 2 is 1.96 bits per heavy atom. The number of carbonyl (C=O) groups is 2. The molecule has 1 aromatic carbocycles. The Morgan fingerprint density at radius 1 is 1.26 bits per heavy atom. The van der Waals surface area contributed by atoms with Crippen molar-refractivity contribution in [1.29, 1.82) is 0 Å². The van der Waals surface area contributed by atoms with Crippen LogP contribution in [0.1, 0.15) is 36.5 Å². The van der Waals surface area contributed by atoms with Gasteiger partial charge in [-0.25, -0.2) is 4.79 Å². The predicted octanol–water partition coefficient (Wildman–Crippen LogP) is 2.15. The van der Waals surface area contributed by atoms with Crippen LogP contribution >= 0.6 is 0 Å². The van der Waals surface area contributed by atoms with Gasteiger partial charge in [0, 0.05) is 31.4 Å². The van der Waals surface area contributed by atoms with Crippen LogP contribution in [0.15, 0.2) is 24.3 Å². The topological polar surface area (TPSA) is 70.7 Å². The molecule has 0 aliphatic carbocycles. The maximum atomic E-state index is 12.3. The molecule has 0 aromatic heterocycles. The van der Waals surface area contributed by atoms with Crippen molar-refractivity contribution in [3.05, 3.63) is 29.8 Å². The van der Waals surface area contributed by atoms with Crippen LogP contribution in [0.3, 0.4) is 0 Å². The molecule has 1 aromatic rings. The fourth-order valence-electron chi connectivity index (χ4n) is 2.77. The lowest BCUT2D eigenvalue weighted by Gasteiger charge is -2.34. The van der Waals surface area contributed by atoms with E-state index >= 15 is 0 Å². The predicted molar refractivity (Wildman–Crippen MR) is 89.8 cm³/mol. The fourth-order valence-corrected chi connectivity index (χ4v) is 2.77. The first-order valence-electron chi connectivity index (χ1n) is 8.12. The summed E-state index contributed by atoms with van der Waals surface area (Å²) in [5.41, 5.74) is 1.66. The highest BCUT2D eigenvalue weighted by molar-refractivity contribution is 5.99. The average Bonchev–Trinajstić information content (AvgIpc) is 2.60. The number of carbonyl (C=O) groups excluding carboxylic acids is 2. The zero-order valence-corrected chi connectivity index (χ0v) is 13.8. The average molecular weight is 319 g/mol. The minimum atomic E-state index is -0.386. The summed E-state index contributed by atoms with van der Waals surface area (Å²) in [6.45, 7) is 4.31. The van der Waals surface area contributed by atoms with E-state index < -0.39 is 0 Å². The van der Waals surface area contributed by atoms with Crippen LogP contribution in [-0.2, 0) is 4.74 Å². The summed E-state index contributed by atoms with van der Waals surface area (Å²) < 4.78 is 4.64. The van der Waals surface area contributed by atoms with E-state index in [9.17, 15) is 9.59 Å². The highest BCUT2D eigenvalue weighted by atomic mass is 16.5. The SMILES string of the molecule is CCCNC(=O)c1ccccc1N1CCC(NC(=O)OC)CC1. The second-order valence-corrected chi connectivity index (χ2v) is 5.67. The number of nitrogens with one attached hydrogen (secondary N) is 2. The van der Waals surface area contributed by atoms with Crippen LogP contribution in [0.2, 0.25) is 0 Å². The van der Waals surface area contributed by atoms with E-state index in [1.165, 1.54) is 7.11 Å². The maximum Gasteiger partial charge on any atom is 0.407 e. The number of piperidine rings is 1. The number of hydrogen-bond donors (Lipinski definition) is 2. The van der Waals surface area contributed by atoms with E-state index in [4.69, 9.17) is 0 Å². The zero-order valence-electron chi connectivity index (χ0n) is 13.8. The van der Waals surface area contributed by atoms with Crippen molar-refractivity contribution in [3.63, 3.8) is 0 Å².